The van der Waals surface area contributed by atoms with Crippen molar-refractivity contribution in [2.24, 2.45) is 0 Å². The molecule has 3 nitrogen and oxygen atoms in total. The highest BCUT2D eigenvalue weighted by Crippen LogP contribution is 2.13. The second-order valence-corrected chi connectivity index (χ2v) is 4.07. The Bertz CT molecular complexity index is 123. The summed E-state index contributed by atoms with van der Waals surface area (Å²) in [4.78, 5) is 0. The highest BCUT2D eigenvalue weighted by molar-refractivity contribution is 4.77. The Labute approximate surface area is 74.1 Å². The smallest absolute Gasteiger partial charge is 0.0606 e. The van der Waals surface area contributed by atoms with Gasteiger partial charge in [-0.15, -0.1) is 0 Å². The quantitative estimate of drug-likeness (QED) is 0.640. The van der Waals surface area contributed by atoms with Crippen LogP contribution in [-0.4, -0.2) is 36.5 Å². The van der Waals surface area contributed by atoms with Gasteiger partial charge in [-0.25, -0.2) is 0 Å². The predicted octanol–water partition coefficient (Wildman–Crippen LogP) is 0.526. The van der Waals surface area contributed by atoms with E-state index in [9.17, 15) is 5.11 Å². The molecule has 0 bridgehead atoms. The first-order valence-corrected chi connectivity index (χ1v) is 4.61. The lowest BCUT2D eigenvalue weighted by atomic mass is 9.97. The van der Waals surface area contributed by atoms with E-state index in [0.29, 0.717) is 6.04 Å². The zero-order valence-corrected chi connectivity index (χ0v) is 7.97. The molecule has 3 heteroatoms. The SMILES string of the molecule is CC(C)(O)CC1CCOCCN1. The van der Waals surface area contributed by atoms with E-state index < -0.39 is 5.60 Å². The van der Waals surface area contributed by atoms with Crippen LogP contribution in [0.15, 0.2) is 0 Å². The number of aliphatic hydroxyl groups is 1. The molecule has 72 valence electrons. The van der Waals surface area contributed by atoms with Gasteiger partial charge < -0.3 is 15.2 Å². The summed E-state index contributed by atoms with van der Waals surface area (Å²) in [6.45, 7) is 6.21. The maximum atomic E-state index is 9.58. The lowest BCUT2D eigenvalue weighted by Crippen LogP contribution is -2.36. The van der Waals surface area contributed by atoms with Crippen LogP contribution in [0.1, 0.15) is 26.7 Å². The maximum absolute atomic E-state index is 9.58. The summed E-state index contributed by atoms with van der Waals surface area (Å²) >= 11 is 0. The highest BCUT2D eigenvalue weighted by atomic mass is 16.5. The van der Waals surface area contributed by atoms with Crippen LogP contribution in [0.25, 0.3) is 0 Å². The molecule has 1 rings (SSSR count). The van der Waals surface area contributed by atoms with Gasteiger partial charge in [-0.1, -0.05) is 0 Å². The Kier molecular flexibility index (Phi) is 3.50. The Balaban J connectivity index is 2.30. The Morgan fingerprint density at radius 2 is 2.25 bits per heavy atom. The molecule has 1 atom stereocenters. The van der Waals surface area contributed by atoms with Crippen molar-refractivity contribution >= 4 is 0 Å². The summed E-state index contributed by atoms with van der Waals surface area (Å²) in [7, 11) is 0. The molecule has 0 aromatic carbocycles. The number of nitrogens with one attached hydrogen (secondary N) is 1. The molecule has 0 spiro atoms. The third kappa shape index (κ3) is 4.04. The molecule has 0 radical (unpaired) electrons. The van der Waals surface area contributed by atoms with Crippen molar-refractivity contribution in [3.05, 3.63) is 0 Å². The summed E-state index contributed by atoms with van der Waals surface area (Å²) < 4.78 is 5.30. The van der Waals surface area contributed by atoms with Crippen LogP contribution in [-0.2, 0) is 4.74 Å². The van der Waals surface area contributed by atoms with Crippen LogP contribution in [0.3, 0.4) is 0 Å². The van der Waals surface area contributed by atoms with Crippen molar-refractivity contribution in [2.45, 2.75) is 38.3 Å². The van der Waals surface area contributed by atoms with Crippen LogP contribution in [0.5, 0.6) is 0 Å². The van der Waals surface area contributed by atoms with E-state index in [2.05, 4.69) is 5.32 Å². The summed E-state index contributed by atoms with van der Waals surface area (Å²) in [5, 5.41) is 12.9. The van der Waals surface area contributed by atoms with Crippen LogP contribution in [0, 0.1) is 0 Å². The van der Waals surface area contributed by atoms with Crippen molar-refractivity contribution in [1.82, 2.24) is 5.32 Å². The Hall–Kier alpha value is -0.120. The van der Waals surface area contributed by atoms with E-state index in [1.807, 2.05) is 13.8 Å². The molecule has 1 saturated heterocycles. The van der Waals surface area contributed by atoms with Gasteiger partial charge >= 0.3 is 0 Å². The monoisotopic (exact) mass is 173 g/mol. The van der Waals surface area contributed by atoms with E-state index in [4.69, 9.17) is 4.74 Å². The average molecular weight is 173 g/mol. The minimum Gasteiger partial charge on any atom is -0.390 e. The lowest BCUT2D eigenvalue weighted by molar-refractivity contribution is 0.0576. The maximum Gasteiger partial charge on any atom is 0.0606 e. The molecule has 1 aliphatic heterocycles. The minimum atomic E-state index is -0.567. The average Bonchev–Trinajstić information content (AvgIpc) is 2.12. The van der Waals surface area contributed by atoms with Crippen LogP contribution >= 0.6 is 0 Å². The summed E-state index contributed by atoms with van der Waals surface area (Å²) in [6, 6.07) is 0.410. The zero-order valence-electron chi connectivity index (χ0n) is 7.97. The number of hydrogen-bond donors (Lipinski definition) is 2. The van der Waals surface area contributed by atoms with Crippen LogP contribution < -0.4 is 5.32 Å². The molecule has 2 N–H and O–H groups in total. The highest BCUT2D eigenvalue weighted by Gasteiger charge is 2.20. The third-order valence-corrected chi connectivity index (χ3v) is 2.04. The summed E-state index contributed by atoms with van der Waals surface area (Å²) in [5.41, 5.74) is -0.567. The molecule has 12 heavy (non-hydrogen) atoms. The van der Waals surface area contributed by atoms with Gasteiger partial charge in [-0.3, -0.25) is 0 Å². The van der Waals surface area contributed by atoms with E-state index in [-0.39, 0.29) is 0 Å². The minimum absolute atomic E-state index is 0.410. The van der Waals surface area contributed by atoms with Crippen molar-refractivity contribution in [2.75, 3.05) is 19.8 Å². The zero-order chi connectivity index (χ0) is 9.03. The molecule has 1 heterocycles. The van der Waals surface area contributed by atoms with E-state index in [1.54, 1.807) is 0 Å². The van der Waals surface area contributed by atoms with Crippen molar-refractivity contribution < 1.29 is 9.84 Å². The number of ether oxygens (including phenoxy) is 1. The largest absolute Gasteiger partial charge is 0.390 e. The fourth-order valence-electron chi connectivity index (χ4n) is 1.54. The molecule has 0 saturated carbocycles. The fraction of sp³-hybridized carbons (Fsp3) is 1.00. The van der Waals surface area contributed by atoms with Crippen molar-refractivity contribution in [3.63, 3.8) is 0 Å². The summed E-state index contributed by atoms with van der Waals surface area (Å²) in [6.07, 6.45) is 1.81. The first-order valence-electron chi connectivity index (χ1n) is 4.61. The first-order chi connectivity index (χ1) is 5.58. The van der Waals surface area contributed by atoms with Crippen molar-refractivity contribution in [1.29, 1.82) is 0 Å². The van der Waals surface area contributed by atoms with Gasteiger partial charge in [-0.2, -0.15) is 0 Å². The molecule has 0 amide bonds. The summed E-state index contributed by atoms with van der Waals surface area (Å²) in [5.74, 6) is 0. The first kappa shape index (κ1) is 9.96. The third-order valence-electron chi connectivity index (χ3n) is 2.04. The molecule has 1 fully saturated rings. The van der Waals surface area contributed by atoms with Crippen LogP contribution in [0.2, 0.25) is 0 Å². The van der Waals surface area contributed by atoms with Gasteiger partial charge in [0.25, 0.3) is 0 Å². The van der Waals surface area contributed by atoms with Gasteiger partial charge in [0, 0.05) is 19.2 Å². The Morgan fingerprint density at radius 1 is 1.50 bits per heavy atom. The number of hydrogen-bond acceptors (Lipinski definition) is 3. The normalized spacial score (nSPS) is 26.8. The van der Waals surface area contributed by atoms with E-state index in [1.165, 1.54) is 0 Å². The standard InChI is InChI=1S/C9H19NO2/c1-9(2,11)7-8-3-5-12-6-4-10-8/h8,10-11H,3-7H2,1-2H3. The van der Waals surface area contributed by atoms with Gasteiger partial charge in [0.1, 0.15) is 0 Å². The molecule has 0 aliphatic carbocycles. The molecule has 1 aliphatic rings. The molecular weight excluding hydrogens is 154 g/mol. The lowest BCUT2D eigenvalue weighted by Gasteiger charge is -2.24. The van der Waals surface area contributed by atoms with E-state index in [0.717, 1.165) is 32.6 Å². The molecular formula is C9H19NO2. The Morgan fingerprint density at radius 3 is 2.92 bits per heavy atom. The van der Waals surface area contributed by atoms with E-state index >= 15 is 0 Å². The second kappa shape index (κ2) is 4.21. The predicted molar refractivity (Wildman–Crippen MR) is 48.1 cm³/mol. The topological polar surface area (TPSA) is 41.5 Å². The van der Waals surface area contributed by atoms with Gasteiger partial charge in [0.05, 0.1) is 12.2 Å². The second-order valence-electron chi connectivity index (χ2n) is 4.07. The number of rotatable bonds is 2. The van der Waals surface area contributed by atoms with Crippen LogP contribution in [0.4, 0.5) is 0 Å². The van der Waals surface area contributed by atoms with Gasteiger partial charge in [0.2, 0.25) is 0 Å². The van der Waals surface area contributed by atoms with Gasteiger partial charge in [-0.05, 0) is 26.7 Å². The molecule has 0 aromatic heterocycles. The molecule has 0 aromatic rings. The fourth-order valence-corrected chi connectivity index (χ4v) is 1.54. The van der Waals surface area contributed by atoms with Crippen molar-refractivity contribution in [3.8, 4) is 0 Å². The van der Waals surface area contributed by atoms with Gasteiger partial charge in [0.15, 0.2) is 0 Å². The molecule has 1 unspecified atom stereocenters.